The monoisotopic (exact) mass is 204 g/mol. The van der Waals surface area contributed by atoms with Gasteiger partial charge in [0.25, 0.3) is 0 Å². The van der Waals surface area contributed by atoms with E-state index in [1.54, 1.807) is 7.05 Å². The van der Waals surface area contributed by atoms with Crippen molar-refractivity contribution < 1.29 is 4.79 Å². The van der Waals surface area contributed by atoms with E-state index in [4.69, 9.17) is 5.73 Å². The number of rotatable bonds is 1. The van der Waals surface area contributed by atoms with Crippen LogP contribution in [-0.2, 0) is 4.79 Å². The third-order valence-electron chi connectivity index (χ3n) is 3.10. The van der Waals surface area contributed by atoms with Crippen LogP contribution in [-0.4, -0.2) is 13.0 Å². The first kappa shape index (κ1) is 10.2. The van der Waals surface area contributed by atoms with Gasteiger partial charge in [-0.25, -0.2) is 0 Å². The van der Waals surface area contributed by atoms with E-state index in [1.807, 2.05) is 24.3 Å². The lowest BCUT2D eigenvalue weighted by Gasteiger charge is -2.28. The molecule has 1 aromatic carbocycles. The molecule has 2 unspecified atom stereocenters. The molecule has 2 rings (SSSR count). The number of likely N-dealkylation sites (N-methyl/N-ethyl adjacent to an activating group) is 1. The van der Waals surface area contributed by atoms with E-state index >= 15 is 0 Å². The number of carbonyl (C=O) groups excluding carboxylic acids is 1. The molecule has 0 bridgehead atoms. The standard InChI is InChI=1S/C12H16N2O/c1-14-12(15)10-6-7-11(13)9-5-3-2-4-8(9)10/h2-5,10-11H,6-7,13H2,1H3,(H,14,15). The van der Waals surface area contributed by atoms with Crippen LogP contribution in [0.3, 0.4) is 0 Å². The highest BCUT2D eigenvalue weighted by atomic mass is 16.1. The Labute approximate surface area is 89.7 Å². The molecule has 80 valence electrons. The lowest BCUT2D eigenvalue weighted by Crippen LogP contribution is -2.31. The van der Waals surface area contributed by atoms with E-state index < -0.39 is 0 Å². The van der Waals surface area contributed by atoms with Gasteiger partial charge in [-0.2, -0.15) is 0 Å². The fourth-order valence-corrected chi connectivity index (χ4v) is 2.27. The Kier molecular flexibility index (Phi) is 2.73. The molecule has 3 heteroatoms. The van der Waals surface area contributed by atoms with Crippen molar-refractivity contribution in [2.45, 2.75) is 24.8 Å². The SMILES string of the molecule is CNC(=O)C1CCC(N)c2ccccc21. The maximum Gasteiger partial charge on any atom is 0.227 e. The Balaban J connectivity index is 2.40. The van der Waals surface area contributed by atoms with Gasteiger partial charge in [0, 0.05) is 13.1 Å². The molecule has 15 heavy (non-hydrogen) atoms. The zero-order valence-electron chi connectivity index (χ0n) is 8.86. The van der Waals surface area contributed by atoms with Crippen LogP contribution in [0.25, 0.3) is 0 Å². The molecule has 1 aromatic rings. The maximum atomic E-state index is 11.7. The normalized spacial score (nSPS) is 24.4. The van der Waals surface area contributed by atoms with E-state index in [0.717, 1.165) is 24.0 Å². The summed E-state index contributed by atoms with van der Waals surface area (Å²) >= 11 is 0. The topological polar surface area (TPSA) is 55.1 Å². The van der Waals surface area contributed by atoms with Crippen molar-refractivity contribution in [2.75, 3.05) is 7.05 Å². The summed E-state index contributed by atoms with van der Waals surface area (Å²) in [5.41, 5.74) is 8.23. The number of hydrogen-bond acceptors (Lipinski definition) is 2. The van der Waals surface area contributed by atoms with E-state index in [1.165, 1.54) is 0 Å². The van der Waals surface area contributed by atoms with Gasteiger partial charge in [-0.05, 0) is 24.0 Å². The zero-order valence-corrected chi connectivity index (χ0v) is 8.86. The van der Waals surface area contributed by atoms with Crippen LogP contribution in [0.1, 0.15) is 35.9 Å². The van der Waals surface area contributed by atoms with E-state index in [9.17, 15) is 4.79 Å². The number of carbonyl (C=O) groups is 1. The lowest BCUT2D eigenvalue weighted by atomic mass is 9.80. The second kappa shape index (κ2) is 4.03. The third-order valence-corrected chi connectivity index (χ3v) is 3.10. The van der Waals surface area contributed by atoms with E-state index in [0.29, 0.717) is 0 Å². The fourth-order valence-electron chi connectivity index (χ4n) is 2.27. The number of hydrogen-bond donors (Lipinski definition) is 2. The van der Waals surface area contributed by atoms with E-state index in [-0.39, 0.29) is 17.9 Å². The molecule has 3 nitrogen and oxygen atoms in total. The number of benzene rings is 1. The van der Waals surface area contributed by atoms with E-state index in [2.05, 4.69) is 5.32 Å². The lowest BCUT2D eigenvalue weighted by molar-refractivity contribution is -0.122. The fraction of sp³-hybridized carbons (Fsp3) is 0.417. The molecule has 0 aliphatic heterocycles. The molecular formula is C12H16N2O. The molecule has 1 amide bonds. The van der Waals surface area contributed by atoms with Gasteiger partial charge >= 0.3 is 0 Å². The number of nitrogens with one attached hydrogen (secondary N) is 1. The molecule has 0 saturated carbocycles. The van der Waals surface area contributed by atoms with Gasteiger partial charge in [-0.15, -0.1) is 0 Å². The first-order valence-electron chi connectivity index (χ1n) is 5.30. The molecule has 0 heterocycles. The molecule has 1 aliphatic rings. The summed E-state index contributed by atoms with van der Waals surface area (Å²) < 4.78 is 0. The number of nitrogens with two attached hydrogens (primary N) is 1. The minimum absolute atomic E-state index is 0.0222. The van der Waals surface area contributed by atoms with Crippen molar-refractivity contribution >= 4 is 5.91 Å². The largest absolute Gasteiger partial charge is 0.359 e. The van der Waals surface area contributed by atoms with Crippen LogP contribution in [0.4, 0.5) is 0 Å². The van der Waals surface area contributed by atoms with Gasteiger partial charge < -0.3 is 11.1 Å². The smallest absolute Gasteiger partial charge is 0.227 e. The quantitative estimate of drug-likeness (QED) is 0.724. The zero-order chi connectivity index (χ0) is 10.8. The Bertz CT molecular complexity index is 376. The Morgan fingerprint density at radius 2 is 2.00 bits per heavy atom. The van der Waals surface area contributed by atoms with Crippen LogP contribution in [0.15, 0.2) is 24.3 Å². The van der Waals surface area contributed by atoms with Crippen molar-refractivity contribution in [2.24, 2.45) is 5.73 Å². The van der Waals surface area contributed by atoms with Gasteiger partial charge in [0.05, 0.1) is 5.92 Å². The van der Waals surface area contributed by atoms with Crippen LogP contribution in [0.5, 0.6) is 0 Å². The highest BCUT2D eigenvalue weighted by Gasteiger charge is 2.28. The summed E-state index contributed by atoms with van der Waals surface area (Å²) in [7, 11) is 1.68. The summed E-state index contributed by atoms with van der Waals surface area (Å²) in [6.07, 6.45) is 1.73. The predicted molar refractivity (Wildman–Crippen MR) is 59.4 cm³/mol. The average Bonchev–Trinajstić information content (AvgIpc) is 2.29. The summed E-state index contributed by atoms with van der Waals surface area (Å²) in [6.45, 7) is 0. The van der Waals surface area contributed by atoms with Crippen LogP contribution in [0.2, 0.25) is 0 Å². The van der Waals surface area contributed by atoms with Crippen molar-refractivity contribution in [1.82, 2.24) is 5.32 Å². The van der Waals surface area contributed by atoms with Crippen LogP contribution >= 0.6 is 0 Å². The average molecular weight is 204 g/mol. The molecule has 0 fully saturated rings. The molecule has 0 aromatic heterocycles. The second-order valence-corrected chi connectivity index (χ2v) is 3.98. The first-order chi connectivity index (χ1) is 7.24. The second-order valence-electron chi connectivity index (χ2n) is 3.98. The summed E-state index contributed by atoms with van der Waals surface area (Å²) in [4.78, 5) is 11.7. The minimum Gasteiger partial charge on any atom is -0.359 e. The predicted octanol–water partition coefficient (Wildman–Crippen LogP) is 1.31. The van der Waals surface area contributed by atoms with Crippen LogP contribution in [0, 0.1) is 0 Å². The molecule has 0 saturated heterocycles. The molecule has 1 aliphatic carbocycles. The molecule has 3 N–H and O–H groups in total. The van der Waals surface area contributed by atoms with Gasteiger partial charge in [0.2, 0.25) is 5.91 Å². The van der Waals surface area contributed by atoms with Gasteiger partial charge in [0.15, 0.2) is 0 Å². The van der Waals surface area contributed by atoms with Crippen molar-refractivity contribution in [1.29, 1.82) is 0 Å². The Hall–Kier alpha value is -1.35. The van der Waals surface area contributed by atoms with Crippen molar-refractivity contribution in [3.63, 3.8) is 0 Å². The highest BCUT2D eigenvalue weighted by molar-refractivity contribution is 5.84. The van der Waals surface area contributed by atoms with Gasteiger partial charge in [0.1, 0.15) is 0 Å². The third kappa shape index (κ3) is 1.75. The molecule has 0 spiro atoms. The van der Waals surface area contributed by atoms with Crippen molar-refractivity contribution in [3.05, 3.63) is 35.4 Å². The van der Waals surface area contributed by atoms with Crippen molar-refractivity contribution in [3.8, 4) is 0 Å². The van der Waals surface area contributed by atoms with Gasteiger partial charge in [-0.1, -0.05) is 24.3 Å². The maximum absolute atomic E-state index is 11.7. The number of fused-ring (bicyclic) bond motifs is 1. The molecule has 0 radical (unpaired) electrons. The molecular weight excluding hydrogens is 188 g/mol. The van der Waals surface area contributed by atoms with Gasteiger partial charge in [-0.3, -0.25) is 4.79 Å². The summed E-state index contributed by atoms with van der Waals surface area (Å²) in [5, 5.41) is 2.71. The molecule has 2 atom stereocenters. The first-order valence-corrected chi connectivity index (χ1v) is 5.30. The Morgan fingerprint density at radius 3 is 2.67 bits per heavy atom. The Morgan fingerprint density at radius 1 is 1.33 bits per heavy atom. The number of amides is 1. The minimum atomic E-state index is -0.0222. The highest BCUT2D eigenvalue weighted by Crippen LogP contribution is 2.35. The van der Waals surface area contributed by atoms with Crippen LogP contribution < -0.4 is 11.1 Å². The summed E-state index contributed by atoms with van der Waals surface area (Å²) in [5.74, 6) is 0.0698. The summed E-state index contributed by atoms with van der Waals surface area (Å²) in [6, 6.07) is 8.06.